The van der Waals surface area contributed by atoms with Crippen LogP contribution in [0.2, 0.25) is 0 Å². The molecule has 0 fully saturated rings. The van der Waals surface area contributed by atoms with Crippen LogP contribution in [0.1, 0.15) is 86.1 Å². The van der Waals surface area contributed by atoms with Crippen molar-refractivity contribution in [3.8, 4) is 0 Å². The molecule has 0 aromatic carbocycles. The minimum absolute atomic E-state index is 0.293. The van der Waals surface area contributed by atoms with E-state index in [0.29, 0.717) is 6.04 Å². The zero-order valence-corrected chi connectivity index (χ0v) is 13.2. The van der Waals surface area contributed by atoms with Gasteiger partial charge >= 0.3 is 0 Å². The second-order valence-corrected chi connectivity index (χ2v) is 7.14. The molecule has 1 aliphatic carbocycles. The van der Waals surface area contributed by atoms with Crippen LogP contribution in [0.3, 0.4) is 0 Å². The zero-order valence-electron chi connectivity index (χ0n) is 12.4. The Morgan fingerprint density at radius 1 is 1.11 bits per heavy atom. The Labute approximate surface area is 122 Å². The number of nitrogens with two attached hydrogens (primary N) is 1. The largest absolute Gasteiger partial charge is 0.323 e. The van der Waals surface area contributed by atoms with E-state index in [0.717, 1.165) is 0 Å². The first-order valence-electron chi connectivity index (χ1n) is 8.18. The van der Waals surface area contributed by atoms with Gasteiger partial charge in [0.15, 0.2) is 0 Å². The number of rotatable bonds is 8. The summed E-state index contributed by atoms with van der Waals surface area (Å²) in [6.45, 7) is 2.27. The quantitative estimate of drug-likeness (QED) is 0.635. The van der Waals surface area contributed by atoms with Crippen molar-refractivity contribution in [2.45, 2.75) is 83.6 Å². The van der Waals surface area contributed by atoms with E-state index in [1.807, 2.05) is 11.3 Å². The van der Waals surface area contributed by atoms with Gasteiger partial charge < -0.3 is 5.73 Å². The van der Waals surface area contributed by atoms with E-state index in [1.54, 1.807) is 10.4 Å². The Hall–Kier alpha value is -0.340. The lowest BCUT2D eigenvalue weighted by molar-refractivity contribution is 0.551. The minimum atomic E-state index is 0.293. The highest BCUT2D eigenvalue weighted by atomic mass is 32.1. The number of hydrogen-bond donors (Lipinski definition) is 1. The van der Waals surface area contributed by atoms with Gasteiger partial charge in [0.25, 0.3) is 0 Å². The third-order valence-electron chi connectivity index (χ3n) is 4.25. The summed E-state index contributed by atoms with van der Waals surface area (Å²) in [5.41, 5.74) is 7.96. The summed E-state index contributed by atoms with van der Waals surface area (Å²) in [7, 11) is 0. The Bertz CT molecular complexity index is 346. The Morgan fingerprint density at radius 2 is 1.84 bits per heavy atom. The van der Waals surface area contributed by atoms with Gasteiger partial charge in [-0.25, -0.2) is 0 Å². The second kappa shape index (κ2) is 8.06. The van der Waals surface area contributed by atoms with Crippen molar-refractivity contribution in [1.82, 2.24) is 0 Å². The molecule has 0 bridgehead atoms. The van der Waals surface area contributed by atoms with Crippen molar-refractivity contribution in [3.05, 3.63) is 21.4 Å². The lowest BCUT2D eigenvalue weighted by Crippen LogP contribution is -2.08. The SMILES string of the molecule is CCCCCCCCC(N)c1cc2c(s1)CCCC2. The maximum Gasteiger partial charge on any atom is 0.0389 e. The number of unbranched alkanes of at least 4 members (excludes halogenated alkanes) is 5. The van der Waals surface area contributed by atoms with Gasteiger partial charge in [-0.2, -0.15) is 0 Å². The molecule has 108 valence electrons. The maximum absolute atomic E-state index is 6.36. The summed E-state index contributed by atoms with van der Waals surface area (Å²) in [4.78, 5) is 3.07. The average Bonchev–Trinajstić information content (AvgIpc) is 2.86. The first-order valence-corrected chi connectivity index (χ1v) is 9.00. The molecule has 0 radical (unpaired) electrons. The molecular formula is C17H29NS. The Morgan fingerprint density at radius 3 is 2.63 bits per heavy atom. The molecule has 2 heteroatoms. The molecule has 2 rings (SSSR count). The lowest BCUT2D eigenvalue weighted by Gasteiger charge is -2.09. The molecule has 0 aliphatic heterocycles. The molecule has 19 heavy (non-hydrogen) atoms. The van der Waals surface area contributed by atoms with E-state index in [9.17, 15) is 0 Å². The highest BCUT2D eigenvalue weighted by molar-refractivity contribution is 7.12. The highest BCUT2D eigenvalue weighted by Gasteiger charge is 2.16. The van der Waals surface area contributed by atoms with Gasteiger partial charge in [0.1, 0.15) is 0 Å². The summed E-state index contributed by atoms with van der Waals surface area (Å²) in [6.07, 6.45) is 14.7. The molecule has 1 nitrogen and oxygen atoms in total. The Balaban J connectivity index is 1.70. The fraction of sp³-hybridized carbons (Fsp3) is 0.765. The average molecular weight is 279 g/mol. The summed E-state index contributed by atoms with van der Waals surface area (Å²) in [5, 5.41) is 0. The van der Waals surface area contributed by atoms with Crippen LogP contribution in [-0.2, 0) is 12.8 Å². The molecule has 0 saturated heterocycles. The first-order chi connectivity index (χ1) is 9.31. The van der Waals surface area contributed by atoms with Gasteiger partial charge in [-0.05, 0) is 43.7 Å². The van der Waals surface area contributed by atoms with Crippen LogP contribution >= 0.6 is 11.3 Å². The first kappa shape index (κ1) is 15.1. The summed E-state index contributed by atoms with van der Waals surface area (Å²) >= 11 is 1.99. The molecule has 1 atom stereocenters. The van der Waals surface area contributed by atoms with Crippen molar-refractivity contribution in [1.29, 1.82) is 0 Å². The number of thiophene rings is 1. The predicted molar refractivity (Wildman–Crippen MR) is 85.9 cm³/mol. The molecule has 1 unspecified atom stereocenters. The predicted octanol–water partition coefficient (Wildman–Crippen LogP) is 5.38. The summed E-state index contributed by atoms with van der Waals surface area (Å²) < 4.78 is 0. The van der Waals surface area contributed by atoms with Crippen LogP contribution in [0.25, 0.3) is 0 Å². The highest BCUT2D eigenvalue weighted by Crippen LogP contribution is 2.33. The van der Waals surface area contributed by atoms with Crippen LogP contribution in [-0.4, -0.2) is 0 Å². The Kier molecular flexibility index (Phi) is 6.39. The molecule has 0 amide bonds. The van der Waals surface area contributed by atoms with Crippen molar-refractivity contribution in [2.24, 2.45) is 5.73 Å². The number of hydrogen-bond acceptors (Lipinski definition) is 2. The smallest absolute Gasteiger partial charge is 0.0389 e. The lowest BCUT2D eigenvalue weighted by atomic mass is 9.98. The third kappa shape index (κ3) is 4.61. The normalized spacial score (nSPS) is 16.3. The van der Waals surface area contributed by atoms with Crippen molar-refractivity contribution in [2.75, 3.05) is 0 Å². The molecule has 1 aromatic rings. The summed E-state index contributed by atoms with van der Waals surface area (Å²) in [5.74, 6) is 0. The monoisotopic (exact) mass is 279 g/mol. The van der Waals surface area contributed by atoms with E-state index in [4.69, 9.17) is 5.73 Å². The molecule has 1 aromatic heterocycles. The number of aryl methyl sites for hydroxylation is 2. The molecule has 1 heterocycles. The fourth-order valence-electron chi connectivity index (χ4n) is 2.98. The molecule has 0 saturated carbocycles. The number of fused-ring (bicyclic) bond motifs is 1. The van der Waals surface area contributed by atoms with Crippen molar-refractivity contribution < 1.29 is 0 Å². The maximum atomic E-state index is 6.36. The minimum Gasteiger partial charge on any atom is -0.323 e. The van der Waals surface area contributed by atoms with Crippen molar-refractivity contribution >= 4 is 11.3 Å². The molecular weight excluding hydrogens is 250 g/mol. The van der Waals surface area contributed by atoms with E-state index < -0.39 is 0 Å². The molecule has 0 spiro atoms. The van der Waals surface area contributed by atoms with E-state index in [1.165, 1.54) is 75.5 Å². The van der Waals surface area contributed by atoms with E-state index in [-0.39, 0.29) is 0 Å². The molecule has 1 aliphatic rings. The van der Waals surface area contributed by atoms with Gasteiger partial charge in [0.2, 0.25) is 0 Å². The summed E-state index contributed by atoms with van der Waals surface area (Å²) in [6, 6.07) is 2.70. The van der Waals surface area contributed by atoms with E-state index in [2.05, 4.69) is 13.0 Å². The van der Waals surface area contributed by atoms with Crippen LogP contribution < -0.4 is 5.73 Å². The molecule has 2 N–H and O–H groups in total. The van der Waals surface area contributed by atoms with Gasteiger partial charge in [0, 0.05) is 15.8 Å². The van der Waals surface area contributed by atoms with Crippen LogP contribution in [0.5, 0.6) is 0 Å². The fourth-order valence-corrected chi connectivity index (χ4v) is 4.28. The third-order valence-corrected chi connectivity index (χ3v) is 5.62. The standard InChI is InChI=1S/C17H29NS/c1-2-3-4-5-6-7-11-15(18)17-13-14-10-8-9-12-16(14)19-17/h13,15H,2-12,18H2,1H3. The van der Waals surface area contributed by atoms with Crippen LogP contribution in [0.15, 0.2) is 6.07 Å². The van der Waals surface area contributed by atoms with Gasteiger partial charge in [0.05, 0.1) is 0 Å². The van der Waals surface area contributed by atoms with Gasteiger partial charge in [-0.15, -0.1) is 11.3 Å². The van der Waals surface area contributed by atoms with Crippen LogP contribution in [0.4, 0.5) is 0 Å². The van der Waals surface area contributed by atoms with Gasteiger partial charge in [-0.3, -0.25) is 0 Å². The zero-order chi connectivity index (χ0) is 13.5. The van der Waals surface area contributed by atoms with Crippen LogP contribution in [0, 0.1) is 0 Å². The van der Waals surface area contributed by atoms with Gasteiger partial charge in [-0.1, -0.05) is 45.4 Å². The topological polar surface area (TPSA) is 26.0 Å². The van der Waals surface area contributed by atoms with Crippen molar-refractivity contribution in [3.63, 3.8) is 0 Å². The van der Waals surface area contributed by atoms with E-state index >= 15 is 0 Å². The second-order valence-electron chi connectivity index (χ2n) is 5.97.